The molecule has 3 N–H and O–H groups in total. The van der Waals surface area contributed by atoms with Crippen molar-refractivity contribution in [3.63, 3.8) is 0 Å². The van der Waals surface area contributed by atoms with E-state index in [1.165, 1.54) is 18.2 Å². The van der Waals surface area contributed by atoms with E-state index >= 15 is 0 Å². The lowest BCUT2D eigenvalue weighted by molar-refractivity contribution is 0.102. The van der Waals surface area contributed by atoms with E-state index in [1.807, 2.05) is 6.07 Å². The van der Waals surface area contributed by atoms with Crippen LogP contribution in [0.2, 0.25) is 0 Å². The number of carbonyl (C=O) groups is 1. The van der Waals surface area contributed by atoms with Crippen molar-refractivity contribution in [2.24, 2.45) is 0 Å². The molecule has 4 aromatic rings. The Morgan fingerprint density at radius 1 is 1.23 bits per heavy atom. The van der Waals surface area contributed by atoms with Gasteiger partial charge in [-0.05, 0) is 42.5 Å². The largest absolute Gasteiger partial charge is 0.507 e. The Balaban J connectivity index is 1.69. The Morgan fingerprint density at radius 3 is 2.88 bits per heavy atom. The van der Waals surface area contributed by atoms with Gasteiger partial charge in [0.2, 0.25) is 0 Å². The number of furan rings is 1. The lowest BCUT2D eigenvalue weighted by Crippen LogP contribution is -2.12. The zero-order chi connectivity index (χ0) is 18.1. The highest BCUT2D eigenvalue weighted by Crippen LogP contribution is 2.29. The zero-order valence-corrected chi connectivity index (χ0v) is 13.4. The quantitative estimate of drug-likeness (QED) is 0.525. The van der Waals surface area contributed by atoms with Gasteiger partial charge in [-0.25, -0.2) is 0 Å². The number of nitrogens with one attached hydrogen (secondary N) is 2. The molecule has 0 radical (unpaired) electrons. The normalized spacial score (nSPS) is 10.6. The molecule has 2 heterocycles. The third-order valence-corrected chi connectivity index (χ3v) is 3.99. The molecule has 0 aliphatic heterocycles. The monoisotopic (exact) mass is 344 g/mol. The first kappa shape index (κ1) is 15.5. The maximum Gasteiger partial charge on any atom is 0.259 e. The molecule has 0 bridgehead atoms. The molecular formula is C19H12N4O3. The van der Waals surface area contributed by atoms with Gasteiger partial charge in [-0.15, -0.1) is 0 Å². The summed E-state index contributed by atoms with van der Waals surface area (Å²) < 4.78 is 5.10. The fraction of sp³-hybridized carbons (Fsp3) is 0. The van der Waals surface area contributed by atoms with Gasteiger partial charge in [-0.1, -0.05) is 0 Å². The minimum absolute atomic E-state index is 0.0337. The number of hydrogen-bond donors (Lipinski definition) is 3. The van der Waals surface area contributed by atoms with Crippen molar-refractivity contribution in [2.45, 2.75) is 0 Å². The van der Waals surface area contributed by atoms with Crippen molar-refractivity contribution in [3.8, 4) is 23.1 Å². The number of benzene rings is 2. The number of aromatic amines is 1. The first-order valence-electron chi connectivity index (χ1n) is 7.71. The molecule has 0 aliphatic carbocycles. The average Bonchev–Trinajstić information content (AvgIpc) is 3.31. The van der Waals surface area contributed by atoms with E-state index in [1.54, 1.807) is 36.8 Å². The van der Waals surface area contributed by atoms with Gasteiger partial charge in [0.25, 0.3) is 5.91 Å². The van der Waals surface area contributed by atoms with E-state index in [2.05, 4.69) is 15.5 Å². The second-order valence-corrected chi connectivity index (χ2v) is 5.64. The third kappa shape index (κ3) is 2.65. The molecule has 0 saturated heterocycles. The van der Waals surface area contributed by atoms with E-state index in [4.69, 9.17) is 9.68 Å². The van der Waals surface area contributed by atoms with Gasteiger partial charge in [0.1, 0.15) is 11.4 Å². The molecule has 26 heavy (non-hydrogen) atoms. The third-order valence-electron chi connectivity index (χ3n) is 3.99. The van der Waals surface area contributed by atoms with Crippen LogP contribution >= 0.6 is 0 Å². The van der Waals surface area contributed by atoms with Crippen LogP contribution in [0.4, 0.5) is 5.69 Å². The van der Waals surface area contributed by atoms with Gasteiger partial charge < -0.3 is 14.8 Å². The van der Waals surface area contributed by atoms with Crippen molar-refractivity contribution in [3.05, 3.63) is 66.1 Å². The van der Waals surface area contributed by atoms with Crippen LogP contribution in [0.1, 0.15) is 15.9 Å². The number of hydrogen-bond acceptors (Lipinski definition) is 5. The maximum atomic E-state index is 12.5. The van der Waals surface area contributed by atoms with Crippen molar-refractivity contribution in [2.75, 3.05) is 5.32 Å². The van der Waals surface area contributed by atoms with Gasteiger partial charge in [-0.3, -0.25) is 9.89 Å². The summed E-state index contributed by atoms with van der Waals surface area (Å²) in [6, 6.07) is 13.2. The molecule has 0 fully saturated rings. The Labute approximate surface area is 147 Å². The molecule has 7 nitrogen and oxygen atoms in total. The molecule has 0 unspecified atom stereocenters. The fourth-order valence-corrected chi connectivity index (χ4v) is 2.70. The van der Waals surface area contributed by atoms with E-state index < -0.39 is 5.91 Å². The molecule has 7 heteroatoms. The number of nitrogens with zero attached hydrogens (tertiary/aromatic N) is 2. The standard InChI is InChI=1S/C19H12N4O3/c20-9-11-1-4-17(24)15(7-11)19(25)21-13-2-3-16-14(8-13)18(23-22-16)12-5-6-26-10-12/h1-8,10,24H,(H,21,25)(H,22,23). The predicted octanol–water partition coefficient (Wildman–Crippen LogP) is 3.65. The van der Waals surface area contributed by atoms with Crippen LogP contribution in [-0.4, -0.2) is 21.2 Å². The predicted molar refractivity (Wildman–Crippen MR) is 94.6 cm³/mol. The smallest absolute Gasteiger partial charge is 0.259 e. The number of phenols is 1. The van der Waals surface area contributed by atoms with Gasteiger partial charge in [-0.2, -0.15) is 10.4 Å². The fourth-order valence-electron chi connectivity index (χ4n) is 2.70. The van der Waals surface area contributed by atoms with Crippen molar-refractivity contribution < 1.29 is 14.3 Å². The highest BCUT2D eigenvalue weighted by atomic mass is 16.3. The molecule has 1 amide bonds. The number of amides is 1. The summed E-state index contributed by atoms with van der Waals surface area (Å²) in [5, 5.41) is 29.6. The summed E-state index contributed by atoms with van der Waals surface area (Å²) in [5.41, 5.74) is 3.20. The highest BCUT2D eigenvalue weighted by molar-refractivity contribution is 6.07. The number of phenolic OH excluding ortho intramolecular Hbond substituents is 1. The summed E-state index contributed by atoms with van der Waals surface area (Å²) in [6.07, 6.45) is 3.15. The number of aromatic hydroxyl groups is 1. The molecule has 0 aliphatic rings. The molecule has 2 aromatic carbocycles. The molecule has 0 saturated carbocycles. The summed E-state index contributed by atoms with van der Waals surface area (Å²) in [7, 11) is 0. The Hall–Kier alpha value is -4.05. The number of rotatable bonds is 3. The second-order valence-electron chi connectivity index (χ2n) is 5.64. The molecule has 4 rings (SSSR count). The van der Waals surface area contributed by atoms with E-state index in [0.29, 0.717) is 16.9 Å². The number of aromatic nitrogens is 2. The lowest BCUT2D eigenvalue weighted by Gasteiger charge is -2.07. The SMILES string of the molecule is N#Cc1ccc(O)c(C(=O)Nc2ccc3[nH]nc(-c4ccoc4)c3c2)c1. The number of nitriles is 1. The first-order valence-corrected chi connectivity index (χ1v) is 7.71. The van der Waals surface area contributed by atoms with Crippen LogP contribution in [0.5, 0.6) is 5.75 Å². The Kier molecular flexibility index (Phi) is 3.64. The first-order chi connectivity index (χ1) is 12.7. The molecule has 0 atom stereocenters. The topological polar surface area (TPSA) is 115 Å². The van der Waals surface area contributed by atoms with Gasteiger partial charge in [0, 0.05) is 16.6 Å². The number of carbonyl (C=O) groups excluding carboxylic acids is 1. The van der Waals surface area contributed by atoms with E-state index in [9.17, 15) is 9.90 Å². The molecule has 126 valence electrons. The maximum absolute atomic E-state index is 12.5. The summed E-state index contributed by atoms with van der Waals surface area (Å²) >= 11 is 0. The summed E-state index contributed by atoms with van der Waals surface area (Å²) in [6.45, 7) is 0. The molecule has 0 spiro atoms. The van der Waals surface area contributed by atoms with E-state index in [-0.39, 0.29) is 11.3 Å². The van der Waals surface area contributed by atoms with Gasteiger partial charge >= 0.3 is 0 Å². The van der Waals surface area contributed by atoms with E-state index in [0.717, 1.165) is 16.5 Å². The van der Waals surface area contributed by atoms with Crippen LogP contribution in [0.15, 0.2) is 59.4 Å². The van der Waals surface area contributed by atoms with Crippen molar-refractivity contribution >= 4 is 22.5 Å². The Bertz CT molecular complexity index is 1150. The highest BCUT2D eigenvalue weighted by Gasteiger charge is 2.14. The minimum atomic E-state index is -0.507. The van der Waals surface area contributed by atoms with Crippen molar-refractivity contribution in [1.82, 2.24) is 10.2 Å². The number of anilines is 1. The Morgan fingerprint density at radius 2 is 2.12 bits per heavy atom. The molecular weight excluding hydrogens is 332 g/mol. The van der Waals surface area contributed by atoms with Crippen LogP contribution in [0, 0.1) is 11.3 Å². The van der Waals surface area contributed by atoms with Gasteiger partial charge in [0.15, 0.2) is 0 Å². The van der Waals surface area contributed by atoms with Gasteiger partial charge in [0.05, 0.1) is 35.2 Å². The van der Waals surface area contributed by atoms with Crippen LogP contribution in [0.25, 0.3) is 22.2 Å². The van der Waals surface area contributed by atoms with Crippen LogP contribution in [-0.2, 0) is 0 Å². The van der Waals surface area contributed by atoms with Crippen LogP contribution in [0.3, 0.4) is 0 Å². The minimum Gasteiger partial charge on any atom is -0.507 e. The van der Waals surface area contributed by atoms with Crippen LogP contribution < -0.4 is 5.32 Å². The number of fused-ring (bicyclic) bond motifs is 1. The summed E-state index contributed by atoms with van der Waals surface area (Å²) in [4.78, 5) is 12.5. The van der Waals surface area contributed by atoms with Crippen molar-refractivity contribution in [1.29, 1.82) is 5.26 Å². The lowest BCUT2D eigenvalue weighted by atomic mass is 10.1. The average molecular weight is 344 g/mol. The number of H-pyrrole nitrogens is 1. The molecule has 2 aromatic heterocycles. The second kappa shape index (κ2) is 6.11. The zero-order valence-electron chi connectivity index (χ0n) is 13.4. The summed E-state index contributed by atoms with van der Waals surface area (Å²) in [5.74, 6) is -0.697.